The fraction of sp³-hybridized carbons (Fsp3) is 0.347. The van der Waals surface area contributed by atoms with Gasteiger partial charge in [-0.25, -0.2) is 17.6 Å². The second-order valence-electron chi connectivity index (χ2n) is 15.6. The van der Waals surface area contributed by atoms with Gasteiger partial charge in [-0.1, -0.05) is 118 Å². The van der Waals surface area contributed by atoms with Crippen LogP contribution >= 0.6 is 0 Å². The van der Waals surface area contributed by atoms with E-state index in [2.05, 4.69) is 61.4 Å². The van der Waals surface area contributed by atoms with Crippen molar-refractivity contribution in [3.63, 3.8) is 0 Å². The quantitative estimate of drug-likeness (QED) is 0.0419. The van der Waals surface area contributed by atoms with Gasteiger partial charge in [0.15, 0.2) is 5.78 Å². The van der Waals surface area contributed by atoms with Crippen LogP contribution < -0.4 is 0 Å². The summed E-state index contributed by atoms with van der Waals surface area (Å²) in [5, 5.41) is 3.79. The highest BCUT2D eigenvalue weighted by Crippen LogP contribution is 2.40. The average molecular weight is 761 g/mol. The molecule has 1 heterocycles. The van der Waals surface area contributed by atoms with Crippen LogP contribution in [0.5, 0.6) is 0 Å². The van der Waals surface area contributed by atoms with Gasteiger partial charge in [0.25, 0.3) is 0 Å². The van der Waals surface area contributed by atoms with Gasteiger partial charge in [0.05, 0.1) is 17.8 Å². The SMILES string of the molecule is C=C(C)C/N=C(\c1ccc2c(c1)c1cc(C(=O)c3c(C)cc(C)cc3C)c3ccccc3c1n2CC(CC)CCCC)c1ccccc1CCC(F)(F)C(F)F. The Hall–Kier alpha value is -5.04. The van der Waals surface area contributed by atoms with E-state index in [9.17, 15) is 22.4 Å². The van der Waals surface area contributed by atoms with Crippen LogP contribution in [0.1, 0.15) is 102 Å². The summed E-state index contributed by atoms with van der Waals surface area (Å²) in [7, 11) is 0. The van der Waals surface area contributed by atoms with Gasteiger partial charge in [0, 0.05) is 56.9 Å². The minimum Gasteiger partial charge on any atom is -0.340 e. The number of carbonyl (C=O) groups excluding carboxylic acids is 1. The molecule has 56 heavy (non-hydrogen) atoms. The van der Waals surface area contributed by atoms with E-state index in [1.807, 2.05) is 64.1 Å². The molecular formula is C49H52F4N2O. The third kappa shape index (κ3) is 8.23. The van der Waals surface area contributed by atoms with Crippen LogP contribution in [-0.2, 0) is 13.0 Å². The van der Waals surface area contributed by atoms with E-state index in [1.54, 1.807) is 12.1 Å². The summed E-state index contributed by atoms with van der Waals surface area (Å²) in [6, 6.07) is 27.6. The van der Waals surface area contributed by atoms with Crippen LogP contribution in [0, 0.1) is 26.7 Å². The zero-order chi connectivity index (χ0) is 40.3. The van der Waals surface area contributed by atoms with Gasteiger partial charge in [-0.2, -0.15) is 0 Å². The fourth-order valence-corrected chi connectivity index (χ4v) is 8.26. The number of halogens is 4. The molecule has 6 aromatic rings. The molecule has 0 aliphatic carbocycles. The number of aryl methyl sites for hydroxylation is 4. The third-order valence-electron chi connectivity index (χ3n) is 11.1. The number of unbranched alkanes of at least 4 members (excludes halogenated alkanes) is 1. The molecule has 0 fully saturated rings. The topological polar surface area (TPSA) is 34.4 Å². The van der Waals surface area contributed by atoms with Crippen molar-refractivity contribution in [3.8, 4) is 0 Å². The maximum absolute atomic E-state index is 14.7. The molecule has 0 amide bonds. The van der Waals surface area contributed by atoms with Crippen LogP contribution in [0.2, 0.25) is 0 Å². The number of aliphatic imine (C=N–C) groups is 1. The molecule has 7 heteroatoms. The summed E-state index contributed by atoms with van der Waals surface area (Å²) in [5.74, 6) is -3.69. The van der Waals surface area contributed by atoms with Crippen molar-refractivity contribution in [1.82, 2.24) is 4.57 Å². The number of hydrogen-bond donors (Lipinski definition) is 0. The molecule has 1 unspecified atom stereocenters. The van der Waals surface area contributed by atoms with Crippen LogP contribution in [0.15, 0.2) is 102 Å². The minimum absolute atomic E-state index is 0.0252. The molecule has 0 aliphatic heterocycles. The molecule has 0 radical (unpaired) electrons. The first kappa shape index (κ1) is 40.6. The van der Waals surface area contributed by atoms with Crippen molar-refractivity contribution in [1.29, 1.82) is 0 Å². The molecule has 1 atom stereocenters. The minimum atomic E-state index is -4.11. The van der Waals surface area contributed by atoms with Gasteiger partial charge in [0.2, 0.25) is 0 Å². The van der Waals surface area contributed by atoms with Crippen molar-refractivity contribution in [3.05, 3.63) is 142 Å². The number of carbonyl (C=O) groups is 1. The van der Waals surface area contributed by atoms with Gasteiger partial charge >= 0.3 is 12.3 Å². The molecule has 0 spiro atoms. The molecule has 0 aliphatic rings. The number of aromatic nitrogens is 1. The first-order chi connectivity index (χ1) is 26.7. The van der Waals surface area contributed by atoms with Crippen molar-refractivity contribution >= 4 is 44.1 Å². The number of ketones is 1. The fourth-order valence-electron chi connectivity index (χ4n) is 8.26. The largest absolute Gasteiger partial charge is 0.340 e. The van der Waals surface area contributed by atoms with Crippen molar-refractivity contribution in [2.24, 2.45) is 10.9 Å². The second-order valence-corrected chi connectivity index (χ2v) is 15.6. The lowest BCUT2D eigenvalue weighted by atomic mass is 9.89. The number of rotatable bonds is 16. The van der Waals surface area contributed by atoms with Gasteiger partial charge in [0.1, 0.15) is 0 Å². The van der Waals surface area contributed by atoms with Gasteiger partial charge in [-0.15, -0.1) is 0 Å². The molecular weight excluding hydrogens is 709 g/mol. The summed E-state index contributed by atoms with van der Waals surface area (Å²) >= 11 is 0. The number of hydrogen-bond acceptors (Lipinski definition) is 2. The molecule has 6 rings (SSSR count). The Morgan fingerprint density at radius 2 is 1.52 bits per heavy atom. The molecule has 3 nitrogen and oxygen atoms in total. The van der Waals surface area contributed by atoms with E-state index in [0.29, 0.717) is 40.4 Å². The maximum Gasteiger partial charge on any atom is 0.307 e. The highest BCUT2D eigenvalue weighted by Gasteiger charge is 2.40. The smallest absolute Gasteiger partial charge is 0.307 e. The summed E-state index contributed by atoms with van der Waals surface area (Å²) in [5.41, 5.74) is 9.68. The van der Waals surface area contributed by atoms with Crippen LogP contribution in [0.25, 0.3) is 32.6 Å². The summed E-state index contributed by atoms with van der Waals surface area (Å²) in [6.07, 6.45) is -0.585. The number of alkyl halides is 4. The Labute approximate surface area is 328 Å². The average Bonchev–Trinajstić information content (AvgIpc) is 3.47. The summed E-state index contributed by atoms with van der Waals surface area (Å²) in [4.78, 5) is 19.7. The molecule has 292 valence electrons. The zero-order valence-electron chi connectivity index (χ0n) is 33.4. The summed E-state index contributed by atoms with van der Waals surface area (Å²) < 4.78 is 57.2. The lowest BCUT2D eigenvalue weighted by molar-refractivity contribution is -0.132. The summed E-state index contributed by atoms with van der Waals surface area (Å²) in [6.45, 7) is 17.5. The molecule has 0 saturated carbocycles. The molecule has 1 aromatic heterocycles. The Morgan fingerprint density at radius 1 is 0.839 bits per heavy atom. The highest BCUT2D eigenvalue weighted by molar-refractivity contribution is 6.27. The number of fused-ring (bicyclic) bond motifs is 5. The first-order valence-electron chi connectivity index (χ1n) is 19.8. The van der Waals surface area contributed by atoms with E-state index in [0.717, 1.165) is 92.6 Å². The van der Waals surface area contributed by atoms with E-state index < -0.39 is 18.8 Å². The van der Waals surface area contributed by atoms with E-state index in [4.69, 9.17) is 4.99 Å². The standard InChI is InChI=1S/C49H52F4N2O/c1-8-10-15-34(9-2)29-55-43-21-20-36(45(54-28-30(3)4)37-17-12-11-16-35(37)22-23-49(52,53)48(50)51)26-40(43)41-27-42(38-18-13-14-19-39(38)46(41)55)47(56)44-32(6)24-31(5)25-33(44)7/h11-14,16-21,24-27,34,48H,3,8-10,15,22-23,28-29H2,1-2,4-7H3/b54-45+. The van der Waals surface area contributed by atoms with Crippen LogP contribution in [-0.4, -0.2) is 35.0 Å². The van der Waals surface area contributed by atoms with E-state index in [-0.39, 0.29) is 12.2 Å². The molecule has 0 bridgehead atoms. The Morgan fingerprint density at radius 3 is 2.18 bits per heavy atom. The number of nitrogens with zero attached hydrogens (tertiary/aromatic N) is 2. The maximum atomic E-state index is 14.7. The molecule has 0 saturated heterocycles. The highest BCUT2D eigenvalue weighted by atomic mass is 19.3. The third-order valence-corrected chi connectivity index (χ3v) is 11.1. The molecule has 0 N–H and O–H groups in total. The lowest BCUT2D eigenvalue weighted by Gasteiger charge is -2.19. The Balaban J connectivity index is 1.63. The lowest BCUT2D eigenvalue weighted by Crippen LogP contribution is -2.27. The van der Waals surface area contributed by atoms with E-state index >= 15 is 0 Å². The predicted molar refractivity (Wildman–Crippen MR) is 225 cm³/mol. The van der Waals surface area contributed by atoms with Gasteiger partial charge in [-0.05, 0) is 86.7 Å². The Bertz CT molecular complexity index is 2430. The van der Waals surface area contributed by atoms with Gasteiger partial charge < -0.3 is 4.57 Å². The van der Waals surface area contributed by atoms with Crippen molar-refractivity contribution in [2.75, 3.05) is 6.54 Å². The predicted octanol–water partition coefficient (Wildman–Crippen LogP) is 13.6. The van der Waals surface area contributed by atoms with Crippen molar-refractivity contribution < 1.29 is 22.4 Å². The normalized spacial score (nSPS) is 13.0. The van der Waals surface area contributed by atoms with E-state index in [1.165, 1.54) is 0 Å². The van der Waals surface area contributed by atoms with Crippen LogP contribution in [0.4, 0.5) is 17.6 Å². The monoisotopic (exact) mass is 760 g/mol. The Kier molecular flexibility index (Phi) is 12.3. The van der Waals surface area contributed by atoms with Crippen molar-refractivity contribution in [2.45, 2.75) is 99.0 Å². The van der Waals surface area contributed by atoms with Crippen LogP contribution in [0.3, 0.4) is 0 Å². The first-order valence-corrected chi connectivity index (χ1v) is 19.8. The number of benzene rings is 5. The second kappa shape index (κ2) is 17.0. The molecule has 5 aromatic carbocycles. The zero-order valence-corrected chi connectivity index (χ0v) is 33.4. The van der Waals surface area contributed by atoms with Gasteiger partial charge in [-0.3, -0.25) is 9.79 Å².